The zero-order chi connectivity index (χ0) is 20.1. The number of fused-ring (bicyclic) bond motifs is 3. The van der Waals surface area contributed by atoms with Crippen LogP contribution in [0, 0.1) is 17.5 Å². The molecule has 0 fully saturated rings. The first-order valence-corrected chi connectivity index (χ1v) is 9.07. The summed E-state index contributed by atoms with van der Waals surface area (Å²) in [5, 5.41) is 6.12. The normalized spacial score (nSPS) is 11.4. The minimum absolute atomic E-state index is 0.0322. The molecule has 2 heterocycles. The first kappa shape index (κ1) is 17.7. The van der Waals surface area contributed by atoms with E-state index in [1.165, 1.54) is 24.4 Å². The molecular formula is C22H11ClF3N3. The topological polar surface area (TPSA) is 30.7 Å². The Morgan fingerprint density at radius 2 is 1.52 bits per heavy atom. The number of halogens is 4. The van der Waals surface area contributed by atoms with Crippen molar-refractivity contribution in [2.75, 3.05) is 0 Å². The summed E-state index contributed by atoms with van der Waals surface area (Å²) in [5.41, 5.74) is 2.39. The van der Waals surface area contributed by atoms with E-state index in [1.54, 1.807) is 41.1 Å². The fraction of sp³-hybridized carbons (Fsp3) is 0. The van der Waals surface area contributed by atoms with Crippen molar-refractivity contribution in [1.29, 1.82) is 0 Å². The van der Waals surface area contributed by atoms with Crippen LogP contribution in [0.3, 0.4) is 0 Å². The lowest BCUT2D eigenvalue weighted by Gasteiger charge is -2.06. The van der Waals surface area contributed by atoms with E-state index in [0.29, 0.717) is 27.3 Å². The summed E-state index contributed by atoms with van der Waals surface area (Å²) in [7, 11) is 0. The summed E-state index contributed by atoms with van der Waals surface area (Å²) in [6, 6.07) is 14.8. The molecule has 0 aliphatic heterocycles. The zero-order valence-electron chi connectivity index (χ0n) is 14.7. The van der Waals surface area contributed by atoms with Gasteiger partial charge in [0.15, 0.2) is 5.82 Å². The monoisotopic (exact) mass is 409 g/mol. The Balaban J connectivity index is 1.92. The molecule has 0 aliphatic carbocycles. The molecule has 142 valence electrons. The van der Waals surface area contributed by atoms with Crippen LogP contribution in [-0.4, -0.2) is 14.8 Å². The van der Waals surface area contributed by atoms with E-state index < -0.39 is 17.5 Å². The molecule has 2 aromatic heterocycles. The van der Waals surface area contributed by atoms with Gasteiger partial charge in [0.1, 0.15) is 22.8 Å². The Kier molecular flexibility index (Phi) is 4.03. The Hall–Kier alpha value is -3.38. The van der Waals surface area contributed by atoms with Gasteiger partial charge in [-0.25, -0.2) is 17.9 Å². The quantitative estimate of drug-likeness (QED) is 0.342. The Bertz CT molecular complexity index is 1380. The van der Waals surface area contributed by atoms with Crippen LogP contribution in [0.25, 0.3) is 38.8 Å². The zero-order valence-corrected chi connectivity index (χ0v) is 15.5. The number of aromatic nitrogens is 3. The highest BCUT2D eigenvalue weighted by molar-refractivity contribution is 6.30. The summed E-state index contributed by atoms with van der Waals surface area (Å²) in [5.74, 6) is -1.88. The third-order valence-electron chi connectivity index (χ3n) is 4.72. The number of rotatable bonds is 2. The van der Waals surface area contributed by atoms with Gasteiger partial charge >= 0.3 is 0 Å². The molecule has 3 aromatic carbocycles. The van der Waals surface area contributed by atoms with Crippen molar-refractivity contribution in [3.8, 4) is 16.9 Å². The van der Waals surface area contributed by atoms with Crippen molar-refractivity contribution in [3.63, 3.8) is 0 Å². The molecule has 0 atom stereocenters. The third kappa shape index (κ3) is 2.93. The number of nitrogens with zero attached hydrogens (tertiary/aromatic N) is 3. The second kappa shape index (κ2) is 6.60. The Morgan fingerprint density at radius 3 is 2.24 bits per heavy atom. The van der Waals surface area contributed by atoms with Gasteiger partial charge in [0.2, 0.25) is 0 Å². The summed E-state index contributed by atoms with van der Waals surface area (Å²) in [6.45, 7) is 0. The molecule has 0 bridgehead atoms. The summed E-state index contributed by atoms with van der Waals surface area (Å²) in [6.07, 6.45) is 1.51. The second-order valence-electron chi connectivity index (χ2n) is 6.55. The van der Waals surface area contributed by atoms with E-state index in [9.17, 15) is 13.2 Å². The van der Waals surface area contributed by atoms with Gasteiger partial charge in [-0.2, -0.15) is 5.10 Å². The lowest BCUT2D eigenvalue weighted by Crippen LogP contribution is -1.98. The molecule has 0 radical (unpaired) electrons. The largest absolute Gasteiger partial charge is 0.252 e. The van der Waals surface area contributed by atoms with Gasteiger partial charge in [-0.05, 0) is 42.5 Å². The fourth-order valence-electron chi connectivity index (χ4n) is 3.41. The second-order valence-corrected chi connectivity index (χ2v) is 6.98. The molecule has 3 nitrogen and oxygen atoms in total. The Morgan fingerprint density at radius 1 is 0.793 bits per heavy atom. The number of pyridine rings is 1. The van der Waals surface area contributed by atoms with Gasteiger partial charge < -0.3 is 0 Å². The maximum Gasteiger partial charge on any atom is 0.152 e. The van der Waals surface area contributed by atoms with Crippen LogP contribution in [-0.2, 0) is 0 Å². The first-order valence-electron chi connectivity index (χ1n) is 8.69. The minimum Gasteiger partial charge on any atom is -0.252 e. The van der Waals surface area contributed by atoms with Gasteiger partial charge in [-0.1, -0.05) is 23.7 Å². The van der Waals surface area contributed by atoms with Crippen LogP contribution in [0.1, 0.15) is 0 Å². The van der Waals surface area contributed by atoms with E-state index in [-0.39, 0.29) is 10.9 Å². The predicted molar refractivity (Wildman–Crippen MR) is 107 cm³/mol. The van der Waals surface area contributed by atoms with Crippen molar-refractivity contribution in [3.05, 3.63) is 89.3 Å². The summed E-state index contributed by atoms with van der Waals surface area (Å²) >= 11 is 5.99. The molecule has 0 aliphatic rings. The fourth-order valence-corrected chi connectivity index (χ4v) is 3.53. The molecular weight excluding hydrogens is 399 g/mol. The highest BCUT2D eigenvalue weighted by Crippen LogP contribution is 2.35. The van der Waals surface area contributed by atoms with Crippen LogP contribution in [0.4, 0.5) is 13.2 Å². The van der Waals surface area contributed by atoms with Gasteiger partial charge in [0.25, 0.3) is 0 Å². The highest BCUT2D eigenvalue weighted by atomic mass is 35.5. The smallest absolute Gasteiger partial charge is 0.152 e. The highest BCUT2D eigenvalue weighted by Gasteiger charge is 2.19. The van der Waals surface area contributed by atoms with E-state index in [0.717, 1.165) is 11.6 Å². The minimum atomic E-state index is -0.762. The molecule has 0 spiro atoms. The van der Waals surface area contributed by atoms with Crippen LogP contribution in [0.15, 0.2) is 66.9 Å². The van der Waals surface area contributed by atoms with Crippen molar-refractivity contribution in [2.24, 2.45) is 0 Å². The molecule has 0 saturated carbocycles. The molecule has 0 saturated heterocycles. The van der Waals surface area contributed by atoms with Gasteiger partial charge in [-0.3, -0.25) is 4.98 Å². The third-order valence-corrected chi connectivity index (χ3v) is 4.97. The molecule has 0 unspecified atom stereocenters. The van der Waals surface area contributed by atoms with Crippen molar-refractivity contribution in [2.45, 2.75) is 0 Å². The molecule has 29 heavy (non-hydrogen) atoms. The van der Waals surface area contributed by atoms with E-state index in [2.05, 4.69) is 10.1 Å². The lowest BCUT2D eigenvalue weighted by molar-refractivity contribution is 0.590. The van der Waals surface area contributed by atoms with E-state index >= 15 is 0 Å². The van der Waals surface area contributed by atoms with Crippen LogP contribution < -0.4 is 0 Å². The van der Waals surface area contributed by atoms with Gasteiger partial charge in [0.05, 0.1) is 11.2 Å². The summed E-state index contributed by atoms with van der Waals surface area (Å²) < 4.78 is 43.3. The van der Waals surface area contributed by atoms with Crippen LogP contribution in [0.2, 0.25) is 5.02 Å². The van der Waals surface area contributed by atoms with Gasteiger partial charge in [0, 0.05) is 33.6 Å². The first-order chi connectivity index (χ1) is 14.0. The molecule has 0 amide bonds. The average molecular weight is 410 g/mol. The lowest BCUT2D eigenvalue weighted by atomic mass is 10.1. The number of benzene rings is 3. The van der Waals surface area contributed by atoms with E-state index in [4.69, 9.17) is 11.6 Å². The van der Waals surface area contributed by atoms with Crippen LogP contribution in [0.5, 0.6) is 0 Å². The molecule has 7 heteroatoms. The number of hydrogen-bond donors (Lipinski definition) is 0. The SMILES string of the molecule is Fc1ccc(-n2nc(-c3ccc(Cl)cc3)c3cnc4c(F)cc(F)cc4c32)cc1. The maximum atomic E-state index is 14.3. The predicted octanol–water partition coefficient (Wildman–Crippen LogP) is 6.31. The average Bonchev–Trinajstić information content (AvgIpc) is 3.09. The molecule has 5 rings (SSSR count). The molecule has 5 aromatic rings. The Labute approximate surface area is 168 Å². The maximum absolute atomic E-state index is 14.3. The van der Waals surface area contributed by atoms with Gasteiger partial charge in [-0.15, -0.1) is 0 Å². The van der Waals surface area contributed by atoms with Crippen molar-refractivity contribution < 1.29 is 13.2 Å². The molecule has 0 N–H and O–H groups in total. The van der Waals surface area contributed by atoms with E-state index in [1.807, 2.05) is 0 Å². The van der Waals surface area contributed by atoms with Crippen molar-refractivity contribution in [1.82, 2.24) is 14.8 Å². The summed E-state index contributed by atoms with van der Waals surface area (Å²) in [4.78, 5) is 4.19. The number of hydrogen-bond acceptors (Lipinski definition) is 2. The van der Waals surface area contributed by atoms with Crippen molar-refractivity contribution >= 4 is 33.4 Å². The standard InChI is InChI=1S/C22H11ClF3N3/c23-13-3-1-12(2-4-13)20-18-11-27-21-17(9-15(25)10-19(21)26)22(18)29(28-20)16-7-5-14(24)6-8-16/h1-11H. The van der Waals surface area contributed by atoms with Crippen LogP contribution >= 0.6 is 11.6 Å².